The molecule has 0 aliphatic carbocycles. The molecule has 0 spiro atoms. The van der Waals surface area contributed by atoms with Gasteiger partial charge in [0.05, 0.1) is 17.5 Å². The smallest absolute Gasteiger partial charge is 0.255 e. The van der Waals surface area contributed by atoms with Crippen molar-refractivity contribution in [1.82, 2.24) is 14.8 Å². The number of alkyl halides is 2. The fourth-order valence-electron chi connectivity index (χ4n) is 2.15. The Balaban J connectivity index is 2.09. The minimum atomic E-state index is -2.76. The van der Waals surface area contributed by atoms with Gasteiger partial charge in [0.15, 0.2) is 0 Å². The lowest BCUT2D eigenvalue weighted by molar-refractivity contribution is 0.0566. The van der Waals surface area contributed by atoms with Gasteiger partial charge in [0.1, 0.15) is 11.9 Å². The summed E-state index contributed by atoms with van der Waals surface area (Å²) in [6, 6.07) is 9.26. The zero-order chi connectivity index (χ0) is 16.4. The van der Waals surface area contributed by atoms with Gasteiger partial charge in [-0.15, -0.1) is 0 Å². The van der Waals surface area contributed by atoms with E-state index in [2.05, 4.69) is 10.1 Å². The average Bonchev–Trinajstić information content (AvgIpc) is 3.05. The van der Waals surface area contributed by atoms with Crippen molar-refractivity contribution in [2.24, 2.45) is 0 Å². The van der Waals surface area contributed by atoms with Crippen LogP contribution in [0.5, 0.6) is 0 Å². The molecule has 23 heavy (non-hydrogen) atoms. The third-order valence-electron chi connectivity index (χ3n) is 3.28. The van der Waals surface area contributed by atoms with E-state index in [1.165, 1.54) is 24.5 Å². The predicted octanol–water partition coefficient (Wildman–Crippen LogP) is 4.02. The number of nitriles is 1. The molecule has 0 saturated heterocycles. The van der Waals surface area contributed by atoms with E-state index in [1.54, 1.807) is 18.2 Å². The summed E-state index contributed by atoms with van der Waals surface area (Å²) in [5.74, 6) is -0.374. The number of pyridine rings is 1. The Labute approximate surface area is 129 Å². The van der Waals surface area contributed by atoms with E-state index in [-0.39, 0.29) is 11.4 Å². The fraction of sp³-hybridized carbons (Fsp3) is 0.0625. The molecule has 7 heteroatoms. The number of rotatable bonds is 3. The van der Waals surface area contributed by atoms with Crippen LogP contribution < -0.4 is 0 Å². The summed E-state index contributed by atoms with van der Waals surface area (Å²) in [5, 5.41) is 12.7. The maximum atomic E-state index is 13.0. The summed E-state index contributed by atoms with van der Waals surface area (Å²) < 4.78 is 38.8. The van der Waals surface area contributed by atoms with Crippen molar-refractivity contribution in [3.8, 4) is 28.5 Å². The Kier molecular flexibility index (Phi) is 3.81. The maximum Gasteiger partial charge on any atom is 0.333 e. The third-order valence-corrected chi connectivity index (χ3v) is 3.28. The molecule has 0 amide bonds. The maximum absolute atomic E-state index is 13.0. The molecule has 4 nitrogen and oxygen atoms in total. The molecular formula is C16H9F3N4. The molecular weight excluding hydrogens is 305 g/mol. The summed E-state index contributed by atoms with van der Waals surface area (Å²) >= 11 is 0. The van der Waals surface area contributed by atoms with E-state index in [0.29, 0.717) is 27.1 Å². The van der Waals surface area contributed by atoms with Crippen LogP contribution in [0.25, 0.3) is 22.4 Å². The molecule has 0 aliphatic heterocycles. The van der Waals surface area contributed by atoms with Gasteiger partial charge in [0, 0.05) is 29.1 Å². The van der Waals surface area contributed by atoms with Crippen molar-refractivity contribution in [2.45, 2.75) is 6.55 Å². The molecule has 0 atom stereocenters. The van der Waals surface area contributed by atoms with Crippen LogP contribution >= 0.6 is 0 Å². The molecule has 2 aromatic heterocycles. The Hall–Kier alpha value is -3.14. The number of hydrogen-bond donors (Lipinski definition) is 0. The molecule has 1 aromatic carbocycles. The second kappa shape index (κ2) is 5.93. The summed E-state index contributed by atoms with van der Waals surface area (Å²) in [6.45, 7) is -2.76. The van der Waals surface area contributed by atoms with E-state index < -0.39 is 6.55 Å². The van der Waals surface area contributed by atoms with E-state index in [0.717, 1.165) is 6.20 Å². The van der Waals surface area contributed by atoms with E-state index >= 15 is 0 Å². The summed E-state index contributed by atoms with van der Waals surface area (Å²) in [6.07, 6.45) is 3.78. The van der Waals surface area contributed by atoms with Crippen molar-refractivity contribution in [1.29, 1.82) is 5.26 Å². The van der Waals surface area contributed by atoms with Gasteiger partial charge in [-0.25, -0.2) is 9.07 Å². The van der Waals surface area contributed by atoms with E-state index in [4.69, 9.17) is 0 Å². The van der Waals surface area contributed by atoms with Crippen LogP contribution in [0.1, 0.15) is 12.1 Å². The van der Waals surface area contributed by atoms with Gasteiger partial charge in [0.25, 0.3) is 0 Å². The summed E-state index contributed by atoms with van der Waals surface area (Å²) in [4.78, 5) is 4.16. The number of halogens is 3. The van der Waals surface area contributed by atoms with Crippen molar-refractivity contribution >= 4 is 0 Å². The molecule has 0 fully saturated rings. The largest absolute Gasteiger partial charge is 0.333 e. The Morgan fingerprint density at radius 1 is 1.09 bits per heavy atom. The van der Waals surface area contributed by atoms with Crippen LogP contribution in [0.4, 0.5) is 13.2 Å². The molecule has 114 valence electrons. The van der Waals surface area contributed by atoms with E-state index in [1.807, 2.05) is 6.07 Å². The first-order valence-electron chi connectivity index (χ1n) is 6.57. The highest BCUT2D eigenvalue weighted by Gasteiger charge is 2.13. The van der Waals surface area contributed by atoms with Gasteiger partial charge in [-0.1, -0.05) is 0 Å². The minimum absolute atomic E-state index is 0.240. The fourth-order valence-corrected chi connectivity index (χ4v) is 2.15. The average molecular weight is 314 g/mol. The van der Waals surface area contributed by atoms with Crippen LogP contribution in [0.3, 0.4) is 0 Å². The highest BCUT2D eigenvalue weighted by atomic mass is 19.3. The lowest BCUT2D eigenvalue weighted by Crippen LogP contribution is -1.97. The summed E-state index contributed by atoms with van der Waals surface area (Å²) in [5.41, 5.74) is 2.22. The van der Waals surface area contributed by atoms with Gasteiger partial charge >= 0.3 is 6.55 Å². The van der Waals surface area contributed by atoms with Crippen molar-refractivity contribution in [3.63, 3.8) is 0 Å². The Morgan fingerprint density at radius 2 is 1.83 bits per heavy atom. The molecule has 0 saturated carbocycles. The Morgan fingerprint density at radius 3 is 2.43 bits per heavy atom. The topological polar surface area (TPSA) is 54.5 Å². The third kappa shape index (κ3) is 2.92. The van der Waals surface area contributed by atoms with Gasteiger partial charge in [-0.2, -0.15) is 19.1 Å². The molecule has 0 radical (unpaired) electrons. The number of hydrogen-bond acceptors (Lipinski definition) is 3. The van der Waals surface area contributed by atoms with Crippen LogP contribution in [-0.2, 0) is 0 Å². The first kappa shape index (κ1) is 14.8. The second-order valence-electron chi connectivity index (χ2n) is 4.72. The van der Waals surface area contributed by atoms with Crippen LogP contribution in [0, 0.1) is 17.1 Å². The predicted molar refractivity (Wildman–Crippen MR) is 76.8 cm³/mol. The lowest BCUT2D eigenvalue weighted by Gasteiger charge is -2.05. The van der Waals surface area contributed by atoms with Crippen molar-refractivity contribution < 1.29 is 13.2 Å². The molecule has 0 unspecified atom stereocenters. The van der Waals surface area contributed by atoms with Gasteiger partial charge in [-0.3, -0.25) is 4.98 Å². The first-order chi connectivity index (χ1) is 11.1. The van der Waals surface area contributed by atoms with Crippen molar-refractivity contribution in [2.75, 3.05) is 0 Å². The Bertz CT molecular complexity index is 879. The lowest BCUT2D eigenvalue weighted by atomic mass is 10.0. The quantitative estimate of drug-likeness (QED) is 0.734. The highest BCUT2D eigenvalue weighted by molar-refractivity contribution is 5.74. The number of aromatic nitrogens is 3. The monoisotopic (exact) mass is 314 g/mol. The normalized spacial score (nSPS) is 10.7. The molecule has 3 rings (SSSR count). The molecule has 0 bridgehead atoms. The van der Waals surface area contributed by atoms with Crippen molar-refractivity contribution in [3.05, 3.63) is 60.3 Å². The van der Waals surface area contributed by atoms with Gasteiger partial charge < -0.3 is 0 Å². The minimum Gasteiger partial charge on any atom is -0.255 e. The zero-order valence-electron chi connectivity index (χ0n) is 11.6. The van der Waals surface area contributed by atoms with Crippen LogP contribution in [-0.4, -0.2) is 14.8 Å². The molecule has 3 aromatic rings. The van der Waals surface area contributed by atoms with Gasteiger partial charge in [-0.05, 0) is 30.3 Å². The standard InChI is InChI=1S/C16H9F3N4/c17-13-3-1-10(2-4-13)15-5-14(11(6-20)7-21-15)12-8-22-23(9-12)16(18)19/h1-5,7-9,16H. The van der Waals surface area contributed by atoms with E-state index in [9.17, 15) is 18.4 Å². The molecule has 0 N–H and O–H groups in total. The molecule has 2 heterocycles. The molecule has 0 aliphatic rings. The number of nitrogens with zero attached hydrogens (tertiary/aromatic N) is 4. The highest BCUT2D eigenvalue weighted by Crippen LogP contribution is 2.28. The van der Waals surface area contributed by atoms with Crippen LogP contribution in [0.15, 0.2) is 48.9 Å². The van der Waals surface area contributed by atoms with Gasteiger partial charge in [0.2, 0.25) is 0 Å². The van der Waals surface area contributed by atoms with Crippen LogP contribution in [0.2, 0.25) is 0 Å². The first-order valence-corrected chi connectivity index (χ1v) is 6.57. The summed E-state index contributed by atoms with van der Waals surface area (Å²) in [7, 11) is 0. The second-order valence-corrected chi connectivity index (χ2v) is 4.72. The zero-order valence-corrected chi connectivity index (χ0v) is 11.6. The number of benzene rings is 1. The SMILES string of the molecule is N#Cc1cnc(-c2ccc(F)cc2)cc1-c1cnn(C(F)F)c1.